The number of unbranched alkanes of at least 4 members (excludes halogenated alkanes) is 5. The first-order valence-corrected chi connectivity index (χ1v) is 6.47. The highest BCUT2D eigenvalue weighted by Gasteiger charge is 2.17. The summed E-state index contributed by atoms with van der Waals surface area (Å²) >= 11 is 0. The maximum Gasteiger partial charge on any atom is 0.196 e. The molecular weight excluding hydrogens is 222 g/mol. The maximum absolute atomic E-state index is 13.2. The van der Waals surface area contributed by atoms with E-state index in [4.69, 9.17) is 4.74 Å². The van der Waals surface area contributed by atoms with Crippen LogP contribution in [0.4, 0.5) is 8.78 Å². The molecular formula is C14H21F2O. The molecule has 97 valence electrons. The summed E-state index contributed by atoms with van der Waals surface area (Å²) in [5, 5.41) is 0. The molecule has 0 fully saturated rings. The molecule has 0 atom stereocenters. The summed E-state index contributed by atoms with van der Waals surface area (Å²) in [5.74, 6) is -1.59. The number of hydrogen-bond donors (Lipinski definition) is 0. The van der Waals surface area contributed by atoms with Gasteiger partial charge < -0.3 is 4.74 Å². The summed E-state index contributed by atoms with van der Waals surface area (Å²) in [6, 6.07) is 0. The second-order valence-electron chi connectivity index (χ2n) is 4.29. The second kappa shape index (κ2) is 8.26. The molecule has 0 N–H and O–H groups in total. The quantitative estimate of drug-likeness (QED) is 0.545. The minimum Gasteiger partial charge on any atom is -0.491 e. The maximum atomic E-state index is 13.2. The van der Waals surface area contributed by atoms with Crippen molar-refractivity contribution in [3.8, 4) is 0 Å². The molecule has 3 heteroatoms. The molecule has 0 bridgehead atoms. The van der Waals surface area contributed by atoms with Gasteiger partial charge in [0.2, 0.25) is 0 Å². The predicted octanol–water partition coefficient (Wildman–Crippen LogP) is 5.01. The Morgan fingerprint density at radius 2 is 1.82 bits per heavy atom. The fraction of sp³-hybridized carbons (Fsp3) is 0.643. The van der Waals surface area contributed by atoms with Crippen LogP contribution in [0, 0.1) is 6.42 Å². The van der Waals surface area contributed by atoms with E-state index in [-0.39, 0.29) is 5.76 Å². The SMILES string of the molecule is CCCCCCCCOC1=CC[CH]C(F)=C1F. The van der Waals surface area contributed by atoms with Crippen molar-refractivity contribution in [3.63, 3.8) is 0 Å². The summed E-state index contributed by atoms with van der Waals surface area (Å²) in [6.45, 7) is 2.65. The zero-order valence-electron chi connectivity index (χ0n) is 10.5. The third-order valence-electron chi connectivity index (χ3n) is 2.78. The first-order chi connectivity index (χ1) is 8.25. The molecule has 0 aliphatic heterocycles. The van der Waals surface area contributed by atoms with Crippen molar-refractivity contribution in [3.05, 3.63) is 29.9 Å². The number of hydrogen-bond acceptors (Lipinski definition) is 1. The van der Waals surface area contributed by atoms with Crippen LogP contribution in [-0.2, 0) is 4.74 Å². The lowest BCUT2D eigenvalue weighted by molar-refractivity contribution is 0.197. The van der Waals surface area contributed by atoms with Crippen LogP contribution < -0.4 is 0 Å². The van der Waals surface area contributed by atoms with Gasteiger partial charge in [0.1, 0.15) is 5.83 Å². The lowest BCUT2D eigenvalue weighted by atomic mass is 10.1. The standard InChI is InChI=1S/C14H21F2O/c1-2-3-4-5-6-7-11-17-13-10-8-9-12(15)14(13)16/h9-10H,2-8,11H2,1H3. The highest BCUT2D eigenvalue weighted by molar-refractivity contribution is 5.31. The van der Waals surface area contributed by atoms with Gasteiger partial charge in [0.25, 0.3) is 0 Å². The smallest absolute Gasteiger partial charge is 0.196 e. The molecule has 1 aliphatic rings. The fourth-order valence-corrected chi connectivity index (χ4v) is 1.75. The van der Waals surface area contributed by atoms with E-state index in [1.807, 2.05) is 0 Å². The summed E-state index contributed by atoms with van der Waals surface area (Å²) in [5.41, 5.74) is 0. The molecule has 0 heterocycles. The third-order valence-corrected chi connectivity index (χ3v) is 2.78. The van der Waals surface area contributed by atoms with Gasteiger partial charge in [0.05, 0.1) is 6.61 Å². The number of allylic oxidation sites excluding steroid dienone is 3. The molecule has 0 aromatic heterocycles. The average molecular weight is 243 g/mol. The Bertz CT molecular complexity index is 282. The summed E-state index contributed by atoms with van der Waals surface area (Å²) < 4.78 is 31.3. The first kappa shape index (κ1) is 14.2. The largest absolute Gasteiger partial charge is 0.491 e. The monoisotopic (exact) mass is 243 g/mol. The zero-order chi connectivity index (χ0) is 12.5. The zero-order valence-corrected chi connectivity index (χ0v) is 10.5. The highest BCUT2D eigenvalue weighted by atomic mass is 19.2. The molecule has 0 aromatic rings. The minimum atomic E-state index is -0.859. The Kier molecular flexibility index (Phi) is 6.90. The van der Waals surface area contributed by atoms with E-state index in [0.717, 1.165) is 12.8 Å². The average Bonchev–Trinajstić information content (AvgIpc) is 2.33. The number of halogens is 2. The van der Waals surface area contributed by atoms with Crippen LogP contribution in [0.25, 0.3) is 0 Å². The van der Waals surface area contributed by atoms with Gasteiger partial charge in [-0.05, 0) is 18.9 Å². The van der Waals surface area contributed by atoms with Gasteiger partial charge in [-0.1, -0.05) is 39.0 Å². The van der Waals surface area contributed by atoms with Crippen molar-refractivity contribution in [2.45, 2.75) is 51.9 Å². The van der Waals surface area contributed by atoms with Gasteiger partial charge >= 0.3 is 0 Å². The Morgan fingerprint density at radius 1 is 1.12 bits per heavy atom. The molecule has 0 spiro atoms. The normalized spacial score (nSPS) is 16.1. The van der Waals surface area contributed by atoms with Gasteiger partial charge in [-0.15, -0.1) is 0 Å². The van der Waals surface area contributed by atoms with E-state index in [1.165, 1.54) is 32.1 Å². The van der Waals surface area contributed by atoms with E-state index < -0.39 is 11.7 Å². The van der Waals surface area contributed by atoms with Gasteiger partial charge in [0.15, 0.2) is 11.6 Å². The Hall–Kier alpha value is -0.860. The lowest BCUT2D eigenvalue weighted by Crippen LogP contribution is -2.01. The molecule has 0 amide bonds. The molecule has 1 rings (SSSR count). The van der Waals surface area contributed by atoms with Crippen molar-refractivity contribution >= 4 is 0 Å². The van der Waals surface area contributed by atoms with Crippen LogP contribution in [0.3, 0.4) is 0 Å². The topological polar surface area (TPSA) is 9.23 Å². The van der Waals surface area contributed by atoms with E-state index >= 15 is 0 Å². The van der Waals surface area contributed by atoms with Gasteiger partial charge in [-0.25, -0.2) is 8.78 Å². The van der Waals surface area contributed by atoms with E-state index in [1.54, 1.807) is 6.08 Å². The van der Waals surface area contributed by atoms with E-state index in [9.17, 15) is 8.78 Å². The van der Waals surface area contributed by atoms with E-state index in [2.05, 4.69) is 6.92 Å². The molecule has 1 radical (unpaired) electrons. The fourth-order valence-electron chi connectivity index (χ4n) is 1.75. The Morgan fingerprint density at radius 3 is 2.59 bits per heavy atom. The van der Waals surface area contributed by atoms with Crippen molar-refractivity contribution in [1.82, 2.24) is 0 Å². The number of ether oxygens (including phenoxy) is 1. The Balaban J connectivity index is 2.09. The molecule has 0 saturated heterocycles. The third kappa shape index (κ3) is 5.33. The van der Waals surface area contributed by atoms with Crippen LogP contribution >= 0.6 is 0 Å². The minimum absolute atomic E-state index is 0.0681. The molecule has 0 saturated carbocycles. The molecule has 1 nitrogen and oxygen atoms in total. The predicted molar refractivity (Wildman–Crippen MR) is 65.6 cm³/mol. The van der Waals surface area contributed by atoms with Gasteiger partial charge in [-0.3, -0.25) is 0 Å². The van der Waals surface area contributed by atoms with Crippen molar-refractivity contribution in [1.29, 1.82) is 0 Å². The van der Waals surface area contributed by atoms with Crippen molar-refractivity contribution in [2.75, 3.05) is 6.61 Å². The lowest BCUT2D eigenvalue weighted by Gasteiger charge is -2.12. The van der Waals surface area contributed by atoms with Crippen LogP contribution in [0.1, 0.15) is 51.9 Å². The van der Waals surface area contributed by atoms with Crippen LogP contribution in [0.2, 0.25) is 0 Å². The molecule has 0 aromatic carbocycles. The first-order valence-electron chi connectivity index (χ1n) is 6.47. The second-order valence-corrected chi connectivity index (χ2v) is 4.29. The molecule has 17 heavy (non-hydrogen) atoms. The molecule has 0 unspecified atom stereocenters. The van der Waals surface area contributed by atoms with Crippen molar-refractivity contribution < 1.29 is 13.5 Å². The van der Waals surface area contributed by atoms with Crippen LogP contribution in [0.15, 0.2) is 23.5 Å². The van der Waals surface area contributed by atoms with Gasteiger partial charge in [0, 0.05) is 6.42 Å². The molecule has 1 aliphatic carbocycles. The summed E-state index contributed by atoms with van der Waals surface area (Å²) in [4.78, 5) is 0. The van der Waals surface area contributed by atoms with Crippen LogP contribution in [-0.4, -0.2) is 6.61 Å². The number of rotatable bonds is 8. The van der Waals surface area contributed by atoms with E-state index in [0.29, 0.717) is 13.0 Å². The Labute approximate surface area is 103 Å². The van der Waals surface area contributed by atoms with Crippen LogP contribution in [0.5, 0.6) is 0 Å². The highest BCUT2D eigenvalue weighted by Crippen LogP contribution is 2.27. The van der Waals surface area contributed by atoms with Crippen molar-refractivity contribution in [2.24, 2.45) is 0 Å². The van der Waals surface area contributed by atoms with Gasteiger partial charge in [-0.2, -0.15) is 0 Å². The summed E-state index contributed by atoms with van der Waals surface area (Å²) in [7, 11) is 0. The summed E-state index contributed by atoms with van der Waals surface area (Å²) in [6.07, 6.45) is 10.1.